The van der Waals surface area contributed by atoms with Crippen molar-refractivity contribution in [3.05, 3.63) is 47.0 Å². The van der Waals surface area contributed by atoms with Crippen molar-refractivity contribution in [1.82, 2.24) is 0 Å². The largest absolute Gasteiger partial charge is 0.504 e. The van der Waals surface area contributed by atoms with E-state index >= 15 is 0 Å². The van der Waals surface area contributed by atoms with Crippen molar-refractivity contribution in [3.8, 4) is 23.0 Å². The fraction of sp³-hybridized carbons (Fsp3) is 0.538. The summed E-state index contributed by atoms with van der Waals surface area (Å²) in [4.78, 5) is 0. The van der Waals surface area contributed by atoms with Crippen molar-refractivity contribution in [3.63, 3.8) is 0 Å². The Bertz CT molecular complexity index is 1060. The number of ether oxygens (including phenoxy) is 5. The first kappa shape index (κ1) is 26.5. The second kappa shape index (κ2) is 10.8. The Balaban J connectivity index is 1.73. The smallest absolute Gasteiger partial charge is 0.186 e. The molecule has 1 aliphatic carbocycles. The molecule has 1 aliphatic heterocycles. The van der Waals surface area contributed by atoms with Crippen LogP contribution in [-0.2, 0) is 20.6 Å². The van der Waals surface area contributed by atoms with Gasteiger partial charge in [0.15, 0.2) is 29.3 Å². The molecule has 36 heavy (non-hydrogen) atoms. The van der Waals surface area contributed by atoms with Gasteiger partial charge in [-0.3, -0.25) is 0 Å². The summed E-state index contributed by atoms with van der Waals surface area (Å²) >= 11 is 0. The lowest BCUT2D eigenvalue weighted by atomic mass is 9.70. The van der Waals surface area contributed by atoms with Crippen LogP contribution in [0.1, 0.15) is 29.5 Å². The van der Waals surface area contributed by atoms with E-state index in [1.54, 1.807) is 44.4 Å². The monoisotopic (exact) mass is 506 g/mol. The molecular formula is C26H34O10. The number of fused-ring (bicyclic) bond motifs is 1. The predicted octanol–water partition coefficient (Wildman–Crippen LogP) is 1.28. The van der Waals surface area contributed by atoms with Gasteiger partial charge in [0.2, 0.25) is 0 Å². The van der Waals surface area contributed by atoms with Gasteiger partial charge in [-0.2, -0.15) is 0 Å². The SMILES string of the molecule is COc1cc([C@H]2c3cc(O)c(OC)cc3C[C@@H](OC)[C@@H]2CO[C@@H]2O[C@@H](C)[C@H](O)[C@@H](O)[C@H]2O)ccc1O. The van der Waals surface area contributed by atoms with Crippen molar-refractivity contribution in [2.24, 2.45) is 5.92 Å². The van der Waals surface area contributed by atoms with Crippen molar-refractivity contribution >= 4 is 0 Å². The summed E-state index contributed by atoms with van der Waals surface area (Å²) in [6.07, 6.45) is -5.79. The van der Waals surface area contributed by atoms with Crippen LogP contribution in [0.2, 0.25) is 0 Å². The summed E-state index contributed by atoms with van der Waals surface area (Å²) in [5.74, 6) is -0.0624. The van der Waals surface area contributed by atoms with Crippen molar-refractivity contribution in [2.75, 3.05) is 27.9 Å². The Morgan fingerprint density at radius 2 is 1.58 bits per heavy atom. The van der Waals surface area contributed by atoms with Crippen LogP contribution < -0.4 is 9.47 Å². The third-order valence-electron chi connectivity index (χ3n) is 7.23. The molecule has 1 saturated heterocycles. The average molecular weight is 507 g/mol. The maximum Gasteiger partial charge on any atom is 0.186 e. The van der Waals surface area contributed by atoms with E-state index < -0.39 is 30.7 Å². The molecule has 0 bridgehead atoms. The van der Waals surface area contributed by atoms with Gasteiger partial charge in [0.25, 0.3) is 0 Å². The number of aliphatic hydroxyl groups excluding tert-OH is 3. The molecule has 198 valence electrons. The van der Waals surface area contributed by atoms with E-state index in [0.717, 1.165) is 16.7 Å². The Hall–Kier alpha value is -2.60. The molecule has 0 amide bonds. The first-order valence-electron chi connectivity index (χ1n) is 11.8. The summed E-state index contributed by atoms with van der Waals surface area (Å²) in [5, 5.41) is 51.3. The zero-order valence-corrected chi connectivity index (χ0v) is 20.7. The van der Waals surface area contributed by atoms with E-state index in [2.05, 4.69) is 0 Å². The van der Waals surface area contributed by atoms with Crippen LogP contribution in [-0.4, -0.2) is 90.3 Å². The van der Waals surface area contributed by atoms with Crippen LogP contribution in [0, 0.1) is 5.92 Å². The van der Waals surface area contributed by atoms with Crippen LogP contribution in [0.5, 0.6) is 23.0 Å². The molecule has 0 unspecified atom stereocenters. The minimum atomic E-state index is -1.44. The molecule has 10 heteroatoms. The zero-order chi connectivity index (χ0) is 26.1. The van der Waals surface area contributed by atoms with Crippen LogP contribution >= 0.6 is 0 Å². The van der Waals surface area contributed by atoms with Gasteiger partial charge in [-0.05, 0) is 54.3 Å². The highest BCUT2D eigenvalue weighted by molar-refractivity contribution is 5.53. The van der Waals surface area contributed by atoms with Gasteiger partial charge in [0.05, 0.1) is 33.0 Å². The van der Waals surface area contributed by atoms with Crippen LogP contribution in [0.25, 0.3) is 0 Å². The minimum Gasteiger partial charge on any atom is -0.504 e. The molecule has 5 N–H and O–H groups in total. The molecule has 2 aliphatic rings. The molecule has 1 fully saturated rings. The maximum atomic E-state index is 10.6. The first-order valence-corrected chi connectivity index (χ1v) is 11.8. The molecule has 2 aromatic rings. The third-order valence-corrected chi connectivity index (χ3v) is 7.23. The minimum absolute atomic E-state index is 0.00814. The highest BCUT2D eigenvalue weighted by atomic mass is 16.7. The fourth-order valence-electron chi connectivity index (χ4n) is 5.20. The highest BCUT2D eigenvalue weighted by Gasteiger charge is 2.44. The summed E-state index contributed by atoms with van der Waals surface area (Å²) in [7, 11) is 4.55. The van der Waals surface area contributed by atoms with E-state index in [1.807, 2.05) is 0 Å². The first-order chi connectivity index (χ1) is 17.2. The van der Waals surface area contributed by atoms with Gasteiger partial charge in [0.1, 0.15) is 18.3 Å². The molecular weight excluding hydrogens is 472 g/mol. The van der Waals surface area contributed by atoms with E-state index in [0.29, 0.717) is 17.9 Å². The van der Waals surface area contributed by atoms with Crippen molar-refractivity contribution in [1.29, 1.82) is 0 Å². The number of rotatable bonds is 7. The van der Waals surface area contributed by atoms with Gasteiger partial charge < -0.3 is 49.2 Å². The number of methoxy groups -OCH3 is 3. The van der Waals surface area contributed by atoms with Gasteiger partial charge in [-0.25, -0.2) is 0 Å². The lowest BCUT2D eigenvalue weighted by Crippen LogP contribution is -2.57. The second-order valence-corrected chi connectivity index (χ2v) is 9.29. The summed E-state index contributed by atoms with van der Waals surface area (Å²) in [6.45, 7) is 1.66. The van der Waals surface area contributed by atoms with E-state index in [1.165, 1.54) is 14.2 Å². The molecule has 1 heterocycles. The van der Waals surface area contributed by atoms with Crippen LogP contribution in [0.15, 0.2) is 30.3 Å². The number of phenolic OH excluding ortho intramolecular Hbond substituents is 2. The average Bonchev–Trinajstić information content (AvgIpc) is 2.88. The standard InChI is InChI=1S/C26H34O10/c1-12-23(29)24(30)25(31)26(36-12)35-11-16-19(32-2)8-14-9-21(34-4)18(28)10-15(14)22(16)13-5-6-17(27)20(7-13)33-3/h5-7,9-10,12,16,19,22-31H,8,11H2,1-4H3/t12-,16-,19+,22-,23-,24+,25+,26+/m0/s1. The number of phenols is 2. The number of hydrogen-bond donors (Lipinski definition) is 5. The van der Waals surface area contributed by atoms with Crippen LogP contribution in [0.3, 0.4) is 0 Å². The highest BCUT2D eigenvalue weighted by Crippen LogP contribution is 2.47. The number of aliphatic hydroxyl groups is 3. The van der Waals surface area contributed by atoms with Crippen LogP contribution in [0.4, 0.5) is 0 Å². The van der Waals surface area contributed by atoms with E-state index in [4.69, 9.17) is 23.7 Å². The van der Waals surface area contributed by atoms with Gasteiger partial charge >= 0.3 is 0 Å². The fourth-order valence-corrected chi connectivity index (χ4v) is 5.20. The molecule has 10 nitrogen and oxygen atoms in total. The van der Waals surface area contributed by atoms with Gasteiger partial charge in [0, 0.05) is 18.9 Å². The molecule has 8 atom stereocenters. The molecule has 0 saturated carbocycles. The van der Waals surface area contributed by atoms with Gasteiger partial charge in [-0.15, -0.1) is 0 Å². The Labute approximate surface area is 209 Å². The number of benzene rings is 2. The predicted molar refractivity (Wildman–Crippen MR) is 127 cm³/mol. The summed E-state index contributed by atoms with van der Waals surface area (Å²) < 4.78 is 28.1. The van der Waals surface area contributed by atoms with Crippen molar-refractivity contribution < 1.29 is 49.2 Å². The molecule has 4 rings (SSSR count). The third kappa shape index (κ3) is 4.84. The lowest BCUT2D eigenvalue weighted by molar-refractivity contribution is -0.297. The molecule has 0 spiro atoms. The topological polar surface area (TPSA) is 147 Å². The number of hydrogen-bond acceptors (Lipinski definition) is 10. The number of aromatic hydroxyl groups is 2. The zero-order valence-electron chi connectivity index (χ0n) is 20.7. The lowest BCUT2D eigenvalue weighted by Gasteiger charge is -2.42. The molecule has 0 aromatic heterocycles. The summed E-state index contributed by atoms with van der Waals surface area (Å²) in [6, 6.07) is 8.48. The Kier molecular flexibility index (Phi) is 7.93. The maximum absolute atomic E-state index is 10.6. The van der Waals surface area contributed by atoms with E-state index in [9.17, 15) is 25.5 Å². The summed E-state index contributed by atoms with van der Waals surface area (Å²) in [5.41, 5.74) is 2.54. The normalized spacial score (nSPS) is 32.1. The van der Waals surface area contributed by atoms with E-state index in [-0.39, 0.29) is 36.0 Å². The quantitative estimate of drug-likeness (QED) is 0.372. The van der Waals surface area contributed by atoms with Crippen molar-refractivity contribution in [2.45, 2.75) is 56.1 Å². The Morgan fingerprint density at radius 1 is 0.889 bits per heavy atom. The molecule has 2 aromatic carbocycles. The van der Waals surface area contributed by atoms with Gasteiger partial charge in [-0.1, -0.05) is 6.07 Å². The second-order valence-electron chi connectivity index (χ2n) is 9.29. The Morgan fingerprint density at radius 3 is 2.25 bits per heavy atom. The molecule has 0 radical (unpaired) electrons.